The molecule has 0 spiro atoms. The predicted octanol–water partition coefficient (Wildman–Crippen LogP) is 3.27. The van der Waals surface area contributed by atoms with E-state index in [1.165, 1.54) is 6.07 Å². The molecule has 18 heavy (non-hydrogen) atoms. The highest BCUT2D eigenvalue weighted by Crippen LogP contribution is 2.31. The van der Waals surface area contributed by atoms with Crippen molar-refractivity contribution in [1.82, 2.24) is 5.32 Å². The van der Waals surface area contributed by atoms with Gasteiger partial charge in [-0.2, -0.15) is 0 Å². The zero-order chi connectivity index (χ0) is 13.2. The molecule has 1 heterocycles. The lowest BCUT2D eigenvalue weighted by molar-refractivity contribution is -0.274. The molecule has 100 valence electrons. The van der Waals surface area contributed by atoms with Crippen molar-refractivity contribution >= 4 is 0 Å². The molecule has 0 amide bonds. The Hall–Kier alpha value is -1.23. The van der Waals surface area contributed by atoms with E-state index in [4.69, 9.17) is 0 Å². The van der Waals surface area contributed by atoms with Crippen LogP contribution in [0.5, 0.6) is 5.75 Å². The maximum absolute atomic E-state index is 12.3. The Morgan fingerprint density at radius 3 is 2.67 bits per heavy atom. The lowest BCUT2D eigenvalue weighted by atomic mass is 9.91. The minimum atomic E-state index is -4.64. The standard InChI is InChI=1S/C13H16F3NO/c1-12(7-4-8-17-12)9-10-5-2-3-6-11(10)18-13(14,15)16/h2-3,5-6,17H,4,7-9H2,1H3. The van der Waals surface area contributed by atoms with Gasteiger partial charge in [0.25, 0.3) is 0 Å². The summed E-state index contributed by atoms with van der Waals surface area (Å²) in [7, 11) is 0. The van der Waals surface area contributed by atoms with E-state index < -0.39 is 6.36 Å². The molecular formula is C13H16F3NO. The molecule has 0 aromatic heterocycles. The number of ether oxygens (including phenoxy) is 1. The number of hydrogen-bond acceptors (Lipinski definition) is 2. The summed E-state index contributed by atoms with van der Waals surface area (Å²) < 4.78 is 40.9. The molecule has 2 rings (SSSR count). The summed E-state index contributed by atoms with van der Waals surface area (Å²) in [5.74, 6) is -0.0973. The molecular weight excluding hydrogens is 243 g/mol. The fourth-order valence-corrected chi connectivity index (χ4v) is 2.40. The van der Waals surface area contributed by atoms with Crippen molar-refractivity contribution in [2.45, 2.75) is 38.1 Å². The number of rotatable bonds is 3. The molecule has 1 unspecified atom stereocenters. The summed E-state index contributed by atoms with van der Waals surface area (Å²) in [5, 5.41) is 3.33. The highest BCUT2D eigenvalue weighted by molar-refractivity contribution is 5.35. The van der Waals surface area contributed by atoms with Gasteiger partial charge in [0.05, 0.1) is 0 Å². The number of benzene rings is 1. The van der Waals surface area contributed by atoms with Crippen molar-refractivity contribution in [2.75, 3.05) is 6.54 Å². The van der Waals surface area contributed by atoms with E-state index in [9.17, 15) is 13.2 Å². The van der Waals surface area contributed by atoms with Crippen LogP contribution in [0, 0.1) is 0 Å². The van der Waals surface area contributed by atoms with Gasteiger partial charge in [0.15, 0.2) is 0 Å². The maximum atomic E-state index is 12.3. The first kappa shape index (κ1) is 13.2. The van der Waals surface area contributed by atoms with Crippen molar-refractivity contribution < 1.29 is 17.9 Å². The molecule has 1 atom stereocenters. The van der Waals surface area contributed by atoms with E-state index in [1.807, 2.05) is 6.92 Å². The molecule has 0 bridgehead atoms. The van der Waals surface area contributed by atoms with E-state index in [1.54, 1.807) is 18.2 Å². The van der Waals surface area contributed by atoms with Gasteiger partial charge in [0.1, 0.15) is 5.75 Å². The van der Waals surface area contributed by atoms with E-state index >= 15 is 0 Å². The van der Waals surface area contributed by atoms with Gasteiger partial charge in [-0.3, -0.25) is 0 Å². The van der Waals surface area contributed by atoms with Crippen LogP contribution in [0.3, 0.4) is 0 Å². The highest BCUT2D eigenvalue weighted by Gasteiger charge is 2.34. The van der Waals surface area contributed by atoms with Gasteiger partial charge in [-0.05, 0) is 44.4 Å². The summed E-state index contributed by atoms with van der Waals surface area (Å²) in [6, 6.07) is 6.33. The maximum Gasteiger partial charge on any atom is 0.573 e. The van der Waals surface area contributed by atoms with Crippen LogP contribution >= 0.6 is 0 Å². The van der Waals surface area contributed by atoms with Crippen LogP contribution in [0.4, 0.5) is 13.2 Å². The molecule has 5 heteroatoms. The Morgan fingerprint density at radius 2 is 2.06 bits per heavy atom. The van der Waals surface area contributed by atoms with Gasteiger partial charge >= 0.3 is 6.36 Å². The number of para-hydroxylation sites is 1. The normalized spacial score (nSPS) is 24.2. The van der Waals surface area contributed by atoms with Crippen molar-refractivity contribution in [2.24, 2.45) is 0 Å². The van der Waals surface area contributed by atoms with Gasteiger partial charge in [0, 0.05) is 5.54 Å². The molecule has 0 saturated carbocycles. The second-order valence-electron chi connectivity index (χ2n) is 4.92. The van der Waals surface area contributed by atoms with Crippen LogP contribution in [-0.2, 0) is 6.42 Å². The number of alkyl halides is 3. The van der Waals surface area contributed by atoms with Gasteiger partial charge in [-0.15, -0.1) is 13.2 Å². The second kappa shape index (κ2) is 4.80. The third-order valence-electron chi connectivity index (χ3n) is 3.24. The first-order valence-corrected chi connectivity index (χ1v) is 5.97. The molecule has 1 N–H and O–H groups in total. The average Bonchev–Trinajstić information content (AvgIpc) is 2.66. The third kappa shape index (κ3) is 3.38. The Labute approximate surface area is 104 Å². The van der Waals surface area contributed by atoms with E-state index in [0.717, 1.165) is 19.4 Å². The first-order valence-electron chi connectivity index (χ1n) is 5.97. The minimum Gasteiger partial charge on any atom is -0.406 e. The highest BCUT2D eigenvalue weighted by atomic mass is 19.4. The van der Waals surface area contributed by atoms with E-state index in [-0.39, 0.29) is 11.3 Å². The SMILES string of the molecule is CC1(Cc2ccccc2OC(F)(F)F)CCCN1. The summed E-state index contributed by atoms with van der Waals surface area (Å²) in [6.07, 6.45) is -2.08. The van der Waals surface area contributed by atoms with Crippen LogP contribution in [-0.4, -0.2) is 18.4 Å². The Morgan fingerprint density at radius 1 is 1.33 bits per heavy atom. The lowest BCUT2D eigenvalue weighted by Gasteiger charge is -2.25. The monoisotopic (exact) mass is 259 g/mol. The van der Waals surface area contributed by atoms with Crippen LogP contribution in [0.25, 0.3) is 0 Å². The molecule has 1 aliphatic heterocycles. The summed E-state index contributed by atoms with van der Waals surface area (Å²) in [6.45, 7) is 2.95. The Bertz CT molecular complexity index is 411. The third-order valence-corrected chi connectivity index (χ3v) is 3.24. The molecule has 1 aromatic rings. The molecule has 0 radical (unpaired) electrons. The van der Waals surface area contributed by atoms with Crippen LogP contribution in [0.2, 0.25) is 0 Å². The van der Waals surface area contributed by atoms with Crippen molar-refractivity contribution in [3.05, 3.63) is 29.8 Å². The zero-order valence-electron chi connectivity index (χ0n) is 10.2. The summed E-state index contributed by atoms with van der Waals surface area (Å²) >= 11 is 0. The Balaban J connectivity index is 2.17. The zero-order valence-corrected chi connectivity index (χ0v) is 10.2. The topological polar surface area (TPSA) is 21.3 Å². The van der Waals surface area contributed by atoms with Crippen molar-refractivity contribution in [1.29, 1.82) is 0 Å². The quantitative estimate of drug-likeness (QED) is 0.899. The molecule has 1 aliphatic rings. The summed E-state index contributed by atoms with van der Waals surface area (Å²) in [4.78, 5) is 0. The second-order valence-corrected chi connectivity index (χ2v) is 4.92. The summed E-state index contributed by atoms with van der Waals surface area (Å²) in [5.41, 5.74) is 0.456. The Kier molecular flexibility index (Phi) is 3.52. The minimum absolute atomic E-state index is 0.0973. The predicted molar refractivity (Wildman–Crippen MR) is 62.5 cm³/mol. The largest absolute Gasteiger partial charge is 0.573 e. The van der Waals surface area contributed by atoms with Gasteiger partial charge < -0.3 is 10.1 Å². The molecule has 1 aromatic carbocycles. The van der Waals surface area contributed by atoms with Crippen LogP contribution in [0.15, 0.2) is 24.3 Å². The number of hydrogen-bond donors (Lipinski definition) is 1. The van der Waals surface area contributed by atoms with Gasteiger partial charge in [0.2, 0.25) is 0 Å². The molecule has 1 saturated heterocycles. The molecule has 1 fully saturated rings. The van der Waals surface area contributed by atoms with Gasteiger partial charge in [-0.25, -0.2) is 0 Å². The van der Waals surface area contributed by atoms with E-state index in [0.29, 0.717) is 12.0 Å². The average molecular weight is 259 g/mol. The van der Waals surface area contributed by atoms with Crippen LogP contribution < -0.4 is 10.1 Å². The fourth-order valence-electron chi connectivity index (χ4n) is 2.40. The lowest BCUT2D eigenvalue weighted by Crippen LogP contribution is -2.38. The number of halogens is 3. The van der Waals surface area contributed by atoms with Crippen LogP contribution in [0.1, 0.15) is 25.3 Å². The number of nitrogens with one attached hydrogen (secondary N) is 1. The van der Waals surface area contributed by atoms with E-state index in [2.05, 4.69) is 10.1 Å². The molecule has 0 aliphatic carbocycles. The molecule has 2 nitrogen and oxygen atoms in total. The first-order chi connectivity index (χ1) is 8.38. The smallest absolute Gasteiger partial charge is 0.406 e. The van der Waals surface area contributed by atoms with Crippen molar-refractivity contribution in [3.63, 3.8) is 0 Å². The van der Waals surface area contributed by atoms with Crippen molar-refractivity contribution in [3.8, 4) is 5.75 Å². The van der Waals surface area contributed by atoms with Gasteiger partial charge in [-0.1, -0.05) is 18.2 Å². The fraction of sp³-hybridized carbons (Fsp3) is 0.538.